The smallest absolute Gasteiger partial charge is 0.206 e. The number of aromatic nitrogens is 1. The Kier molecular flexibility index (Phi) is 4.89. The minimum Gasteiger partial charge on any atom is -0.331 e. The van der Waals surface area contributed by atoms with Crippen molar-refractivity contribution in [2.75, 3.05) is 11.6 Å². The second-order valence-electron chi connectivity index (χ2n) is 5.26. The fourth-order valence-electron chi connectivity index (χ4n) is 2.14. The van der Waals surface area contributed by atoms with E-state index in [1.165, 1.54) is 29.7 Å². The van der Waals surface area contributed by atoms with Crippen LogP contribution in [0.2, 0.25) is 5.02 Å². The third-order valence-electron chi connectivity index (χ3n) is 3.36. The van der Waals surface area contributed by atoms with Gasteiger partial charge in [0, 0.05) is 17.5 Å². The Morgan fingerprint density at radius 3 is 2.64 bits per heavy atom. The summed E-state index contributed by atoms with van der Waals surface area (Å²) in [5.41, 5.74) is 0.993. The highest BCUT2D eigenvalue weighted by atomic mass is 35.5. The highest BCUT2D eigenvalue weighted by Crippen LogP contribution is 2.27. The van der Waals surface area contributed by atoms with Crippen molar-refractivity contribution < 1.29 is 13.2 Å². The van der Waals surface area contributed by atoms with Crippen LogP contribution in [0.1, 0.15) is 15.2 Å². The van der Waals surface area contributed by atoms with Gasteiger partial charge < -0.3 is 5.32 Å². The lowest BCUT2D eigenvalue weighted by Crippen LogP contribution is -1.99. The van der Waals surface area contributed by atoms with Crippen LogP contribution in [0.25, 0.3) is 0 Å². The maximum Gasteiger partial charge on any atom is 0.206 e. The van der Waals surface area contributed by atoms with Crippen molar-refractivity contribution in [1.82, 2.24) is 4.98 Å². The van der Waals surface area contributed by atoms with Crippen molar-refractivity contribution >= 4 is 49.4 Å². The van der Waals surface area contributed by atoms with Crippen LogP contribution in [-0.2, 0) is 9.84 Å². The summed E-state index contributed by atoms with van der Waals surface area (Å²) in [7, 11) is -3.29. The van der Waals surface area contributed by atoms with Crippen LogP contribution in [0, 0.1) is 0 Å². The Labute approximate surface area is 154 Å². The van der Waals surface area contributed by atoms with Crippen molar-refractivity contribution in [3.63, 3.8) is 0 Å². The van der Waals surface area contributed by atoms with E-state index < -0.39 is 9.84 Å². The Morgan fingerprint density at radius 2 is 1.92 bits per heavy atom. The molecule has 0 bridgehead atoms. The molecule has 2 aromatic carbocycles. The monoisotopic (exact) mass is 392 g/mol. The zero-order valence-corrected chi connectivity index (χ0v) is 15.5. The van der Waals surface area contributed by atoms with E-state index in [2.05, 4.69) is 10.3 Å². The molecule has 5 nitrogen and oxygen atoms in total. The van der Waals surface area contributed by atoms with Gasteiger partial charge >= 0.3 is 0 Å². The molecule has 0 aliphatic carbocycles. The number of ketones is 1. The molecule has 1 N–H and O–H groups in total. The quantitative estimate of drug-likeness (QED) is 0.659. The molecule has 0 radical (unpaired) electrons. The first kappa shape index (κ1) is 17.6. The minimum absolute atomic E-state index is 0.207. The summed E-state index contributed by atoms with van der Waals surface area (Å²) < 4.78 is 23.2. The zero-order chi connectivity index (χ0) is 18.0. The molecule has 0 saturated carbocycles. The molecule has 0 fully saturated rings. The largest absolute Gasteiger partial charge is 0.331 e. The number of halogens is 1. The van der Waals surface area contributed by atoms with E-state index >= 15 is 0 Å². The summed E-state index contributed by atoms with van der Waals surface area (Å²) in [4.78, 5) is 17.3. The molecule has 25 heavy (non-hydrogen) atoms. The van der Waals surface area contributed by atoms with Crippen LogP contribution in [0.15, 0.2) is 59.6 Å². The van der Waals surface area contributed by atoms with Gasteiger partial charge in [0.15, 0.2) is 15.0 Å². The van der Waals surface area contributed by atoms with Crippen LogP contribution in [-0.4, -0.2) is 25.4 Å². The first-order valence-electron chi connectivity index (χ1n) is 7.17. The summed E-state index contributed by atoms with van der Waals surface area (Å²) in [6, 6.07) is 13.2. The van der Waals surface area contributed by atoms with Crippen molar-refractivity contribution in [3.05, 3.63) is 70.2 Å². The van der Waals surface area contributed by atoms with Gasteiger partial charge in [0.2, 0.25) is 5.78 Å². The number of thiazole rings is 1. The molecule has 3 aromatic rings. The van der Waals surface area contributed by atoms with E-state index in [4.69, 9.17) is 11.6 Å². The Bertz CT molecular complexity index is 1050. The van der Waals surface area contributed by atoms with Gasteiger partial charge in [-0.15, -0.1) is 0 Å². The molecule has 3 rings (SSSR count). The van der Waals surface area contributed by atoms with Gasteiger partial charge in [0.1, 0.15) is 0 Å². The molecule has 8 heteroatoms. The summed E-state index contributed by atoms with van der Waals surface area (Å²) in [6.45, 7) is 0. The number of nitrogens with one attached hydrogen (secondary N) is 1. The normalized spacial score (nSPS) is 11.3. The maximum atomic E-state index is 12.5. The lowest BCUT2D eigenvalue weighted by atomic mass is 10.1. The van der Waals surface area contributed by atoms with E-state index in [1.807, 2.05) is 0 Å². The van der Waals surface area contributed by atoms with Gasteiger partial charge in [-0.05, 0) is 30.3 Å². The number of rotatable bonds is 5. The SMILES string of the molecule is CS(=O)(=O)c1cccc(Nc2ncc(C(=O)c3ccccc3Cl)s2)c1. The number of hydrogen-bond donors (Lipinski definition) is 1. The highest BCUT2D eigenvalue weighted by molar-refractivity contribution is 7.90. The molecule has 0 atom stereocenters. The molecule has 128 valence electrons. The number of nitrogens with zero attached hydrogens (tertiary/aromatic N) is 1. The predicted molar refractivity (Wildman–Crippen MR) is 99.8 cm³/mol. The molecule has 1 aromatic heterocycles. The van der Waals surface area contributed by atoms with Gasteiger partial charge in [-0.1, -0.05) is 41.1 Å². The number of carbonyl (C=O) groups is 1. The van der Waals surface area contributed by atoms with Gasteiger partial charge in [0.05, 0.1) is 21.0 Å². The predicted octanol–water partition coefficient (Wildman–Crippen LogP) is 4.17. The molecule has 0 aliphatic rings. The van der Waals surface area contributed by atoms with Crippen LogP contribution in [0.4, 0.5) is 10.8 Å². The van der Waals surface area contributed by atoms with Crippen LogP contribution in [0.5, 0.6) is 0 Å². The number of anilines is 2. The summed E-state index contributed by atoms with van der Waals surface area (Å²) in [6.07, 6.45) is 2.62. The number of hydrogen-bond acceptors (Lipinski definition) is 6. The van der Waals surface area contributed by atoms with Crippen LogP contribution >= 0.6 is 22.9 Å². The first-order chi connectivity index (χ1) is 11.8. The summed E-state index contributed by atoms with van der Waals surface area (Å²) >= 11 is 7.23. The zero-order valence-electron chi connectivity index (χ0n) is 13.1. The summed E-state index contributed by atoms with van der Waals surface area (Å²) in [5, 5.41) is 3.89. The molecular weight excluding hydrogens is 380 g/mol. The topological polar surface area (TPSA) is 76.1 Å². The van der Waals surface area contributed by atoms with E-state index in [1.54, 1.807) is 36.4 Å². The van der Waals surface area contributed by atoms with Crippen LogP contribution < -0.4 is 5.32 Å². The molecule has 0 amide bonds. The van der Waals surface area contributed by atoms with E-state index in [0.717, 1.165) is 6.26 Å². The van der Waals surface area contributed by atoms with Gasteiger partial charge in [0.25, 0.3) is 0 Å². The van der Waals surface area contributed by atoms with Gasteiger partial charge in [-0.3, -0.25) is 4.79 Å². The van der Waals surface area contributed by atoms with Crippen molar-refractivity contribution in [2.24, 2.45) is 0 Å². The number of benzene rings is 2. The molecule has 0 aliphatic heterocycles. The Balaban J connectivity index is 1.83. The lowest BCUT2D eigenvalue weighted by molar-refractivity contribution is 0.104. The fourth-order valence-corrected chi connectivity index (χ4v) is 3.82. The van der Waals surface area contributed by atoms with Crippen LogP contribution in [0.3, 0.4) is 0 Å². The van der Waals surface area contributed by atoms with Gasteiger partial charge in [-0.25, -0.2) is 13.4 Å². The molecule has 0 unspecified atom stereocenters. The average Bonchev–Trinajstić information content (AvgIpc) is 3.03. The molecule has 0 saturated heterocycles. The van der Waals surface area contributed by atoms with Crippen molar-refractivity contribution in [1.29, 1.82) is 0 Å². The molecular formula is C17H13ClN2O3S2. The minimum atomic E-state index is -3.29. The highest BCUT2D eigenvalue weighted by Gasteiger charge is 2.16. The Morgan fingerprint density at radius 1 is 1.16 bits per heavy atom. The molecule has 1 heterocycles. The van der Waals surface area contributed by atoms with E-state index in [0.29, 0.717) is 26.3 Å². The second kappa shape index (κ2) is 6.95. The first-order valence-corrected chi connectivity index (χ1v) is 10.3. The third-order valence-corrected chi connectivity index (χ3v) is 5.71. The second-order valence-corrected chi connectivity index (χ2v) is 8.72. The van der Waals surface area contributed by atoms with E-state index in [9.17, 15) is 13.2 Å². The molecule has 0 spiro atoms. The number of carbonyl (C=O) groups excluding carboxylic acids is 1. The fraction of sp³-hybridized carbons (Fsp3) is 0.0588. The van der Waals surface area contributed by atoms with E-state index in [-0.39, 0.29) is 10.7 Å². The van der Waals surface area contributed by atoms with Crippen molar-refractivity contribution in [3.8, 4) is 0 Å². The third kappa shape index (κ3) is 4.07. The maximum absolute atomic E-state index is 12.5. The number of sulfone groups is 1. The lowest BCUT2D eigenvalue weighted by Gasteiger charge is -2.04. The van der Waals surface area contributed by atoms with Crippen molar-refractivity contribution in [2.45, 2.75) is 4.90 Å². The van der Waals surface area contributed by atoms with Gasteiger partial charge in [-0.2, -0.15) is 0 Å². The Hall–Kier alpha value is -2.22. The standard InChI is InChI=1S/C17H13ClN2O3S2/c1-25(22,23)12-6-4-5-11(9-12)20-17-19-10-15(24-17)16(21)13-7-2-3-8-14(13)18/h2-10H,1H3,(H,19,20). The summed E-state index contributed by atoms with van der Waals surface area (Å²) in [5.74, 6) is -0.207. The average molecular weight is 393 g/mol.